The van der Waals surface area contributed by atoms with Crippen LogP contribution >= 0.6 is 8.53 Å². The molecular weight excluding hydrogens is 617 g/mol. The summed E-state index contributed by atoms with van der Waals surface area (Å²) >= 11 is 0. The van der Waals surface area contributed by atoms with Crippen molar-refractivity contribution in [2.45, 2.75) is 143 Å². The quantitative estimate of drug-likeness (QED) is 0.0821. The summed E-state index contributed by atoms with van der Waals surface area (Å²) in [6.07, 6.45) is 3.19. The SMILES string of the molecule is CC(=O)OCC1OC(OCCCCCC(=O)NCCCCCCOP(OCCC#N)N(C(C)C)C(C)C)C(C)C(O)C1OC(C)=O. The minimum atomic E-state index is -1.21. The van der Waals surface area contributed by atoms with Crippen molar-refractivity contribution in [1.29, 1.82) is 5.26 Å². The van der Waals surface area contributed by atoms with Gasteiger partial charge in [0.1, 0.15) is 18.8 Å². The number of hydrogen-bond donors (Lipinski definition) is 2. The summed E-state index contributed by atoms with van der Waals surface area (Å²) < 4.78 is 36.2. The van der Waals surface area contributed by atoms with E-state index in [0.717, 1.165) is 38.5 Å². The van der Waals surface area contributed by atoms with Crippen LogP contribution < -0.4 is 5.32 Å². The summed E-state index contributed by atoms with van der Waals surface area (Å²) in [5, 5.41) is 22.5. The van der Waals surface area contributed by atoms with Crippen LogP contribution in [0.4, 0.5) is 0 Å². The predicted molar refractivity (Wildman–Crippen MR) is 173 cm³/mol. The predicted octanol–water partition coefficient (Wildman–Crippen LogP) is 4.75. The molecule has 6 atom stereocenters. The second kappa shape index (κ2) is 24.3. The van der Waals surface area contributed by atoms with Gasteiger partial charge in [-0.05, 0) is 53.4 Å². The lowest BCUT2D eigenvalue weighted by Crippen LogP contribution is -2.57. The van der Waals surface area contributed by atoms with E-state index in [4.69, 9.17) is 33.3 Å². The third kappa shape index (κ3) is 17.3. The second-order valence-corrected chi connectivity index (χ2v) is 13.5. The van der Waals surface area contributed by atoms with Crippen LogP contribution in [0.1, 0.15) is 106 Å². The zero-order valence-corrected chi connectivity index (χ0v) is 29.8. The molecule has 1 aliphatic heterocycles. The van der Waals surface area contributed by atoms with Crippen LogP contribution in [0.15, 0.2) is 0 Å². The summed E-state index contributed by atoms with van der Waals surface area (Å²) in [5.74, 6) is -1.51. The van der Waals surface area contributed by atoms with E-state index in [-0.39, 0.29) is 24.6 Å². The Labute approximate surface area is 276 Å². The van der Waals surface area contributed by atoms with Crippen LogP contribution in [-0.2, 0) is 42.4 Å². The van der Waals surface area contributed by atoms with Gasteiger partial charge in [-0.1, -0.05) is 26.2 Å². The lowest BCUT2D eigenvalue weighted by atomic mass is 9.92. The first-order valence-electron chi connectivity index (χ1n) is 16.6. The van der Waals surface area contributed by atoms with Crippen LogP contribution in [0.3, 0.4) is 0 Å². The van der Waals surface area contributed by atoms with Crippen LogP contribution in [0.25, 0.3) is 0 Å². The van der Waals surface area contributed by atoms with Gasteiger partial charge in [-0.3, -0.25) is 14.4 Å². The largest absolute Gasteiger partial charge is 0.463 e. The Kier molecular flexibility index (Phi) is 22.2. The van der Waals surface area contributed by atoms with Crippen molar-refractivity contribution in [2.75, 3.05) is 33.0 Å². The van der Waals surface area contributed by atoms with Gasteiger partial charge in [-0.15, -0.1) is 0 Å². The molecule has 13 nitrogen and oxygen atoms in total. The van der Waals surface area contributed by atoms with Gasteiger partial charge < -0.3 is 38.4 Å². The third-order valence-corrected chi connectivity index (χ3v) is 9.43. The Balaban J connectivity index is 2.21. The molecule has 0 bridgehead atoms. The smallest absolute Gasteiger partial charge is 0.303 e. The number of nitrogens with zero attached hydrogens (tertiary/aromatic N) is 2. The molecule has 0 aromatic carbocycles. The van der Waals surface area contributed by atoms with Gasteiger partial charge in [0.25, 0.3) is 8.53 Å². The average molecular weight is 676 g/mol. The average Bonchev–Trinajstić information content (AvgIpc) is 2.98. The lowest BCUT2D eigenvalue weighted by molar-refractivity contribution is -0.286. The van der Waals surface area contributed by atoms with E-state index in [9.17, 15) is 19.5 Å². The molecule has 0 aromatic rings. The molecule has 1 rings (SSSR count). The van der Waals surface area contributed by atoms with Gasteiger partial charge in [0.05, 0.1) is 25.7 Å². The number of aliphatic hydroxyl groups is 1. The minimum Gasteiger partial charge on any atom is -0.463 e. The summed E-state index contributed by atoms with van der Waals surface area (Å²) in [6, 6.07) is 2.67. The number of nitriles is 1. The lowest BCUT2D eigenvalue weighted by Gasteiger charge is -2.42. The molecule has 0 saturated carbocycles. The molecule has 1 heterocycles. The van der Waals surface area contributed by atoms with Gasteiger partial charge >= 0.3 is 11.9 Å². The van der Waals surface area contributed by atoms with Crippen molar-refractivity contribution in [1.82, 2.24) is 9.99 Å². The fraction of sp³-hybridized carbons (Fsp3) is 0.875. The summed E-state index contributed by atoms with van der Waals surface area (Å²) in [5.41, 5.74) is 0. The zero-order chi connectivity index (χ0) is 34.5. The van der Waals surface area contributed by atoms with E-state index in [1.54, 1.807) is 6.92 Å². The maximum Gasteiger partial charge on any atom is 0.303 e. The minimum absolute atomic E-state index is 0.0315. The van der Waals surface area contributed by atoms with Crippen molar-refractivity contribution < 1.29 is 47.5 Å². The monoisotopic (exact) mass is 675 g/mol. The number of aliphatic hydroxyl groups excluding tert-OH is 1. The third-order valence-electron chi connectivity index (χ3n) is 7.32. The highest BCUT2D eigenvalue weighted by Crippen LogP contribution is 2.46. The Hall–Kier alpha value is -1.91. The van der Waals surface area contributed by atoms with Gasteiger partial charge in [-0.2, -0.15) is 5.26 Å². The van der Waals surface area contributed by atoms with Crippen LogP contribution in [-0.4, -0.2) is 97.3 Å². The Morgan fingerprint density at radius 2 is 1.57 bits per heavy atom. The second-order valence-electron chi connectivity index (χ2n) is 12.1. The van der Waals surface area contributed by atoms with E-state index in [2.05, 4.69) is 43.8 Å². The molecule has 0 aromatic heterocycles. The molecule has 1 aliphatic rings. The summed E-state index contributed by atoms with van der Waals surface area (Å²) in [6.45, 7) is 14.5. The van der Waals surface area contributed by atoms with Gasteiger partial charge in [0.15, 0.2) is 12.4 Å². The number of ether oxygens (including phenoxy) is 4. The standard InChI is InChI=1S/C32H58N3O10P/c1-23(2)35(24(3)4)46(43-21-15-17-33)42-20-14-9-8-12-18-34-29(38)16-11-10-13-19-40-32-25(5)30(39)31(44-27(7)37)28(45-32)22-41-26(6)36/h23-25,28,30-32,39H,8-16,18-22H2,1-7H3,(H,34,38). The van der Waals surface area contributed by atoms with Gasteiger partial charge in [0.2, 0.25) is 5.91 Å². The molecule has 1 saturated heterocycles. The summed E-state index contributed by atoms with van der Waals surface area (Å²) in [7, 11) is -1.21. The molecule has 6 unspecified atom stereocenters. The maximum absolute atomic E-state index is 12.2. The molecular formula is C32H58N3O10P. The van der Waals surface area contributed by atoms with Crippen LogP contribution in [0.5, 0.6) is 0 Å². The van der Waals surface area contributed by atoms with Crippen molar-refractivity contribution >= 4 is 26.4 Å². The molecule has 0 spiro atoms. The molecule has 2 N–H and O–H groups in total. The number of hydrogen-bond acceptors (Lipinski definition) is 12. The van der Waals surface area contributed by atoms with Crippen molar-refractivity contribution in [2.24, 2.45) is 5.92 Å². The van der Waals surface area contributed by atoms with E-state index < -0.39 is 51.0 Å². The number of amides is 1. The van der Waals surface area contributed by atoms with Crippen molar-refractivity contribution in [3.8, 4) is 6.07 Å². The van der Waals surface area contributed by atoms with E-state index >= 15 is 0 Å². The zero-order valence-electron chi connectivity index (χ0n) is 28.9. The molecule has 46 heavy (non-hydrogen) atoms. The van der Waals surface area contributed by atoms with Crippen molar-refractivity contribution in [3.05, 3.63) is 0 Å². The number of nitrogens with one attached hydrogen (secondary N) is 1. The Bertz CT molecular complexity index is 911. The molecule has 14 heteroatoms. The number of carbonyl (C=O) groups excluding carboxylic acids is 3. The Morgan fingerprint density at radius 3 is 2.20 bits per heavy atom. The van der Waals surface area contributed by atoms with Crippen LogP contribution in [0, 0.1) is 17.2 Å². The Morgan fingerprint density at radius 1 is 0.935 bits per heavy atom. The van der Waals surface area contributed by atoms with E-state index in [0.29, 0.717) is 45.6 Å². The highest BCUT2D eigenvalue weighted by atomic mass is 31.2. The van der Waals surface area contributed by atoms with Gasteiger partial charge in [-0.25, -0.2) is 4.67 Å². The fourth-order valence-corrected chi connectivity index (χ4v) is 6.66. The first-order chi connectivity index (χ1) is 21.9. The van der Waals surface area contributed by atoms with E-state index in [1.807, 2.05) is 0 Å². The number of esters is 2. The summed E-state index contributed by atoms with van der Waals surface area (Å²) in [4.78, 5) is 35.0. The highest BCUT2D eigenvalue weighted by Gasteiger charge is 2.46. The number of unbranched alkanes of at least 4 members (excludes halogenated alkanes) is 5. The normalized spacial score (nSPS) is 22.1. The molecule has 1 amide bonds. The topological polar surface area (TPSA) is 166 Å². The van der Waals surface area contributed by atoms with E-state index in [1.165, 1.54) is 13.8 Å². The van der Waals surface area contributed by atoms with Gasteiger partial charge in [0, 0.05) is 51.4 Å². The van der Waals surface area contributed by atoms with Crippen molar-refractivity contribution in [3.63, 3.8) is 0 Å². The maximum atomic E-state index is 12.2. The molecule has 0 aliphatic carbocycles. The highest BCUT2D eigenvalue weighted by molar-refractivity contribution is 7.44. The number of rotatable bonds is 24. The first kappa shape index (κ1) is 42.1. The molecule has 266 valence electrons. The van der Waals surface area contributed by atoms with Crippen LogP contribution in [0.2, 0.25) is 0 Å². The number of carbonyl (C=O) groups is 3. The molecule has 0 radical (unpaired) electrons. The fourth-order valence-electron chi connectivity index (χ4n) is 5.03. The molecule has 1 fully saturated rings. The first-order valence-corrected chi connectivity index (χ1v) is 17.8.